The third kappa shape index (κ3) is 3.33. The summed E-state index contributed by atoms with van der Waals surface area (Å²) in [6.45, 7) is 4.36. The summed E-state index contributed by atoms with van der Waals surface area (Å²) in [6.07, 6.45) is 5.19. The van der Waals surface area contributed by atoms with E-state index in [9.17, 15) is 0 Å². The summed E-state index contributed by atoms with van der Waals surface area (Å²) >= 11 is 0. The number of nitrogens with one attached hydrogen (secondary N) is 1. The lowest BCUT2D eigenvalue weighted by atomic mass is 9.92. The van der Waals surface area contributed by atoms with Crippen LogP contribution in [0.1, 0.15) is 37.2 Å². The van der Waals surface area contributed by atoms with E-state index in [1.807, 2.05) is 0 Å². The summed E-state index contributed by atoms with van der Waals surface area (Å²) in [5, 5.41) is 3.64. The molecule has 0 bridgehead atoms. The summed E-state index contributed by atoms with van der Waals surface area (Å²) in [4.78, 5) is 2.50. The topological polar surface area (TPSA) is 24.5 Å². The lowest BCUT2D eigenvalue weighted by Crippen LogP contribution is -2.43. The number of hydrogen-bond acceptors (Lipinski definition) is 3. The summed E-state index contributed by atoms with van der Waals surface area (Å²) < 4.78 is 5.75. The maximum absolute atomic E-state index is 5.75. The van der Waals surface area contributed by atoms with Crippen LogP contribution in [-0.4, -0.2) is 44.2 Å². The molecule has 2 heterocycles. The van der Waals surface area contributed by atoms with Crippen molar-refractivity contribution in [1.29, 1.82) is 0 Å². The maximum Gasteiger partial charge on any atom is 0.122 e. The van der Waals surface area contributed by atoms with Gasteiger partial charge in [0.2, 0.25) is 0 Å². The minimum Gasteiger partial charge on any atom is -0.493 e. The normalized spacial score (nSPS) is 26.1. The van der Waals surface area contributed by atoms with Crippen LogP contribution in [0.25, 0.3) is 0 Å². The van der Waals surface area contributed by atoms with Crippen LogP contribution in [0.2, 0.25) is 0 Å². The number of para-hydroxylation sites is 1. The predicted molar refractivity (Wildman–Crippen MR) is 82.4 cm³/mol. The van der Waals surface area contributed by atoms with Crippen LogP contribution in [0.4, 0.5) is 0 Å². The molecule has 110 valence electrons. The Morgan fingerprint density at radius 2 is 2.10 bits per heavy atom. The average Bonchev–Trinajstić information content (AvgIpc) is 2.48. The molecule has 0 saturated carbocycles. The number of benzene rings is 1. The van der Waals surface area contributed by atoms with E-state index in [0.29, 0.717) is 12.0 Å². The van der Waals surface area contributed by atoms with Crippen molar-refractivity contribution in [2.24, 2.45) is 0 Å². The van der Waals surface area contributed by atoms with Crippen molar-refractivity contribution in [1.82, 2.24) is 10.2 Å². The molecule has 0 aliphatic carbocycles. The molecular formula is C17H26N2O. The number of fused-ring (bicyclic) bond motifs is 1. The highest BCUT2D eigenvalue weighted by molar-refractivity contribution is 5.37. The van der Waals surface area contributed by atoms with Crippen molar-refractivity contribution >= 4 is 0 Å². The van der Waals surface area contributed by atoms with E-state index < -0.39 is 0 Å². The molecule has 1 saturated heterocycles. The molecule has 1 fully saturated rings. The Labute approximate surface area is 122 Å². The predicted octanol–water partition coefficient (Wildman–Crippen LogP) is 2.63. The largest absolute Gasteiger partial charge is 0.493 e. The van der Waals surface area contributed by atoms with Gasteiger partial charge in [0.1, 0.15) is 5.75 Å². The van der Waals surface area contributed by atoms with Crippen molar-refractivity contribution in [2.75, 3.05) is 33.3 Å². The first kappa shape index (κ1) is 13.9. The first-order valence-corrected chi connectivity index (χ1v) is 7.96. The Bertz CT molecular complexity index is 429. The minimum atomic E-state index is 0.619. The molecule has 3 heteroatoms. The van der Waals surface area contributed by atoms with Gasteiger partial charge in [0.15, 0.2) is 0 Å². The lowest BCUT2D eigenvalue weighted by Gasteiger charge is -2.32. The van der Waals surface area contributed by atoms with Crippen LogP contribution < -0.4 is 10.1 Å². The van der Waals surface area contributed by atoms with Gasteiger partial charge in [-0.2, -0.15) is 0 Å². The number of likely N-dealkylation sites (N-methyl/N-ethyl adjacent to an activating group) is 1. The van der Waals surface area contributed by atoms with Gasteiger partial charge >= 0.3 is 0 Å². The molecule has 1 N–H and O–H groups in total. The van der Waals surface area contributed by atoms with E-state index >= 15 is 0 Å². The van der Waals surface area contributed by atoms with E-state index in [0.717, 1.165) is 25.3 Å². The van der Waals surface area contributed by atoms with Gasteiger partial charge in [0, 0.05) is 25.0 Å². The Morgan fingerprint density at radius 1 is 1.20 bits per heavy atom. The van der Waals surface area contributed by atoms with Crippen LogP contribution in [0.15, 0.2) is 24.3 Å². The monoisotopic (exact) mass is 274 g/mol. The number of ether oxygens (including phenoxy) is 1. The van der Waals surface area contributed by atoms with Crippen molar-refractivity contribution in [3.8, 4) is 5.75 Å². The van der Waals surface area contributed by atoms with E-state index in [1.165, 1.54) is 37.9 Å². The number of nitrogens with zero attached hydrogens (tertiary/aromatic N) is 1. The van der Waals surface area contributed by atoms with Crippen LogP contribution in [0, 0.1) is 0 Å². The molecule has 0 spiro atoms. The fourth-order valence-electron chi connectivity index (χ4n) is 3.51. The molecule has 0 amide bonds. The van der Waals surface area contributed by atoms with Gasteiger partial charge in [-0.1, -0.05) is 24.6 Å². The Kier molecular flexibility index (Phi) is 4.58. The number of rotatable bonds is 4. The molecule has 20 heavy (non-hydrogen) atoms. The van der Waals surface area contributed by atoms with Gasteiger partial charge < -0.3 is 15.0 Å². The fraction of sp³-hybridized carbons (Fsp3) is 0.647. The zero-order valence-corrected chi connectivity index (χ0v) is 12.5. The minimum absolute atomic E-state index is 0.619. The van der Waals surface area contributed by atoms with E-state index in [-0.39, 0.29) is 0 Å². The molecule has 3 rings (SSSR count). The zero-order chi connectivity index (χ0) is 13.8. The molecular weight excluding hydrogens is 248 g/mol. The summed E-state index contributed by atoms with van der Waals surface area (Å²) in [6, 6.07) is 9.21. The third-order valence-corrected chi connectivity index (χ3v) is 4.56. The Balaban J connectivity index is 1.57. The molecule has 0 radical (unpaired) electrons. The van der Waals surface area contributed by atoms with Gasteiger partial charge in [0.25, 0.3) is 0 Å². The van der Waals surface area contributed by atoms with Crippen LogP contribution in [0.5, 0.6) is 5.75 Å². The third-order valence-electron chi connectivity index (χ3n) is 4.56. The van der Waals surface area contributed by atoms with Crippen LogP contribution in [-0.2, 0) is 0 Å². The molecule has 0 aromatic heterocycles. The van der Waals surface area contributed by atoms with Gasteiger partial charge in [-0.3, -0.25) is 0 Å². The molecule has 3 nitrogen and oxygen atoms in total. The second-order valence-corrected chi connectivity index (χ2v) is 6.24. The van der Waals surface area contributed by atoms with Crippen molar-refractivity contribution in [3.63, 3.8) is 0 Å². The Morgan fingerprint density at radius 3 is 2.95 bits per heavy atom. The van der Waals surface area contributed by atoms with E-state index in [1.54, 1.807) is 0 Å². The summed E-state index contributed by atoms with van der Waals surface area (Å²) in [7, 11) is 2.26. The number of piperidine rings is 1. The van der Waals surface area contributed by atoms with Crippen molar-refractivity contribution in [2.45, 2.75) is 37.6 Å². The molecule has 2 atom stereocenters. The average molecular weight is 274 g/mol. The molecule has 1 aromatic rings. The molecule has 2 aliphatic rings. The Hall–Kier alpha value is -1.06. The molecule has 2 aliphatic heterocycles. The quantitative estimate of drug-likeness (QED) is 0.913. The van der Waals surface area contributed by atoms with Crippen molar-refractivity contribution < 1.29 is 4.74 Å². The number of hydrogen-bond donors (Lipinski definition) is 1. The van der Waals surface area contributed by atoms with E-state index in [2.05, 4.69) is 41.5 Å². The zero-order valence-electron chi connectivity index (χ0n) is 12.5. The highest BCUT2D eigenvalue weighted by atomic mass is 16.5. The first-order valence-electron chi connectivity index (χ1n) is 7.96. The summed E-state index contributed by atoms with van der Waals surface area (Å²) in [5.41, 5.74) is 1.39. The van der Waals surface area contributed by atoms with E-state index in [4.69, 9.17) is 4.74 Å². The molecule has 1 aromatic carbocycles. The highest BCUT2D eigenvalue weighted by Crippen LogP contribution is 2.33. The second-order valence-electron chi connectivity index (χ2n) is 6.24. The molecule has 2 unspecified atom stereocenters. The van der Waals surface area contributed by atoms with Crippen LogP contribution in [0.3, 0.4) is 0 Å². The fourth-order valence-corrected chi connectivity index (χ4v) is 3.51. The van der Waals surface area contributed by atoms with Gasteiger partial charge in [0.05, 0.1) is 6.61 Å². The highest BCUT2D eigenvalue weighted by Gasteiger charge is 2.23. The first-order chi connectivity index (χ1) is 9.83. The smallest absolute Gasteiger partial charge is 0.122 e. The maximum atomic E-state index is 5.75. The van der Waals surface area contributed by atoms with Crippen molar-refractivity contribution in [3.05, 3.63) is 29.8 Å². The second kappa shape index (κ2) is 6.59. The summed E-state index contributed by atoms with van der Waals surface area (Å²) in [5.74, 6) is 1.71. The van der Waals surface area contributed by atoms with Crippen LogP contribution >= 0.6 is 0 Å². The van der Waals surface area contributed by atoms with Gasteiger partial charge in [-0.05, 0) is 44.5 Å². The lowest BCUT2D eigenvalue weighted by molar-refractivity contribution is 0.213. The SMILES string of the molecule is CN(CC1CCCCN1)CC1CCOc2ccccc21. The standard InChI is InChI=1S/C17H26N2O/c1-19(13-15-6-4-5-10-18-15)12-14-9-11-20-17-8-3-2-7-16(14)17/h2-3,7-8,14-15,18H,4-6,9-13H2,1H3. The van der Waals surface area contributed by atoms with Gasteiger partial charge in [-0.15, -0.1) is 0 Å². The van der Waals surface area contributed by atoms with Gasteiger partial charge in [-0.25, -0.2) is 0 Å².